The van der Waals surface area contributed by atoms with Crippen LogP contribution in [0.4, 0.5) is 0 Å². The zero-order valence-corrected chi connectivity index (χ0v) is 10.1. The lowest BCUT2D eigenvalue weighted by molar-refractivity contribution is 0.617. The quantitative estimate of drug-likeness (QED) is 0.770. The Morgan fingerprint density at radius 3 is 3.06 bits per heavy atom. The third-order valence-electron chi connectivity index (χ3n) is 2.51. The Kier molecular flexibility index (Phi) is 2.62. The molecule has 17 heavy (non-hydrogen) atoms. The van der Waals surface area contributed by atoms with Crippen molar-refractivity contribution in [2.24, 2.45) is 0 Å². The first-order valence-corrected chi connectivity index (χ1v) is 6.13. The van der Waals surface area contributed by atoms with Gasteiger partial charge in [0.25, 0.3) is 0 Å². The van der Waals surface area contributed by atoms with E-state index in [1.807, 2.05) is 31.3 Å². The number of nitrogens with one attached hydrogen (secondary N) is 1. The zero-order valence-electron chi connectivity index (χ0n) is 9.30. The average Bonchev–Trinajstić information content (AvgIpc) is 2.95. The molecule has 0 saturated heterocycles. The molecular formula is C12H11N3OS. The summed E-state index contributed by atoms with van der Waals surface area (Å²) >= 11 is 1.59. The first-order valence-electron chi connectivity index (χ1n) is 5.32. The Bertz CT molecular complexity index is 644. The van der Waals surface area contributed by atoms with Crippen LogP contribution in [0.1, 0.15) is 5.01 Å². The van der Waals surface area contributed by atoms with E-state index in [2.05, 4.69) is 15.5 Å². The summed E-state index contributed by atoms with van der Waals surface area (Å²) in [5.41, 5.74) is 1.90. The Morgan fingerprint density at radius 2 is 2.18 bits per heavy atom. The highest BCUT2D eigenvalue weighted by molar-refractivity contribution is 7.14. The highest BCUT2D eigenvalue weighted by Gasteiger charge is 2.12. The maximum atomic E-state index is 5.50. The first kappa shape index (κ1) is 10.4. The Morgan fingerprint density at radius 1 is 1.29 bits per heavy atom. The number of hydrogen-bond acceptors (Lipinski definition) is 5. The Hall–Kier alpha value is -1.72. The first-order chi connectivity index (χ1) is 8.38. The van der Waals surface area contributed by atoms with Crippen molar-refractivity contribution >= 4 is 22.3 Å². The lowest BCUT2D eigenvalue weighted by Crippen LogP contribution is -2.04. The standard InChI is InChI=1S/C12H11N3OS/c1-13-6-11-14-15-12(17-11)9-7-16-10-5-3-2-4-8(9)10/h2-5,7,13H,6H2,1H3. The highest BCUT2D eigenvalue weighted by Crippen LogP contribution is 2.32. The third kappa shape index (κ3) is 1.83. The van der Waals surface area contributed by atoms with Gasteiger partial charge in [0.05, 0.1) is 5.56 Å². The second kappa shape index (κ2) is 4.27. The largest absolute Gasteiger partial charge is 0.464 e. The summed E-state index contributed by atoms with van der Waals surface area (Å²) in [6.07, 6.45) is 1.74. The fourth-order valence-electron chi connectivity index (χ4n) is 1.73. The van der Waals surface area contributed by atoms with Crippen LogP contribution in [0, 0.1) is 0 Å². The smallest absolute Gasteiger partial charge is 0.151 e. The normalized spacial score (nSPS) is 11.1. The monoisotopic (exact) mass is 245 g/mol. The van der Waals surface area contributed by atoms with Gasteiger partial charge in [-0.25, -0.2) is 0 Å². The van der Waals surface area contributed by atoms with Gasteiger partial charge in [-0.2, -0.15) is 0 Å². The van der Waals surface area contributed by atoms with Crippen molar-refractivity contribution in [2.75, 3.05) is 7.05 Å². The Balaban J connectivity index is 2.07. The molecule has 0 aliphatic carbocycles. The van der Waals surface area contributed by atoms with E-state index >= 15 is 0 Å². The van der Waals surface area contributed by atoms with Crippen molar-refractivity contribution in [3.63, 3.8) is 0 Å². The van der Waals surface area contributed by atoms with Gasteiger partial charge in [-0.3, -0.25) is 0 Å². The summed E-state index contributed by atoms with van der Waals surface area (Å²) in [7, 11) is 1.90. The Labute approximate surface area is 102 Å². The van der Waals surface area contributed by atoms with Gasteiger partial charge in [-0.1, -0.05) is 29.5 Å². The van der Waals surface area contributed by atoms with E-state index in [0.29, 0.717) is 0 Å². The van der Waals surface area contributed by atoms with E-state index in [-0.39, 0.29) is 0 Å². The van der Waals surface area contributed by atoms with Crippen molar-refractivity contribution in [1.82, 2.24) is 15.5 Å². The average molecular weight is 245 g/mol. The van der Waals surface area contributed by atoms with Crippen LogP contribution in [0.3, 0.4) is 0 Å². The predicted molar refractivity (Wildman–Crippen MR) is 67.9 cm³/mol. The van der Waals surface area contributed by atoms with Crippen molar-refractivity contribution in [3.05, 3.63) is 35.5 Å². The van der Waals surface area contributed by atoms with Gasteiger partial charge in [0.2, 0.25) is 0 Å². The number of hydrogen-bond donors (Lipinski definition) is 1. The van der Waals surface area contributed by atoms with Crippen LogP contribution in [0.2, 0.25) is 0 Å². The third-order valence-corrected chi connectivity index (χ3v) is 3.46. The molecule has 86 valence electrons. The molecule has 0 amide bonds. The molecule has 5 heteroatoms. The van der Waals surface area contributed by atoms with Crippen LogP contribution in [0.25, 0.3) is 21.5 Å². The van der Waals surface area contributed by atoms with Crippen LogP contribution < -0.4 is 5.32 Å². The van der Waals surface area contributed by atoms with E-state index in [4.69, 9.17) is 4.42 Å². The molecule has 0 spiro atoms. The van der Waals surface area contributed by atoms with E-state index in [9.17, 15) is 0 Å². The molecule has 1 N–H and O–H groups in total. The molecule has 0 saturated carbocycles. The minimum atomic E-state index is 0.744. The molecule has 0 fully saturated rings. The van der Waals surface area contributed by atoms with Gasteiger partial charge in [0.15, 0.2) is 5.01 Å². The summed E-state index contributed by atoms with van der Waals surface area (Å²) in [6, 6.07) is 7.95. The second-order valence-electron chi connectivity index (χ2n) is 3.68. The molecule has 0 atom stereocenters. The fraction of sp³-hybridized carbons (Fsp3) is 0.167. The summed E-state index contributed by atoms with van der Waals surface area (Å²) in [4.78, 5) is 0. The number of benzene rings is 1. The number of para-hydroxylation sites is 1. The summed E-state index contributed by atoms with van der Waals surface area (Å²) < 4.78 is 5.50. The van der Waals surface area contributed by atoms with Gasteiger partial charge in [-0.05, 0) is 13.1 Å². The van der Waals surface area contributed by atoms with Crippen LogP contribution >= 0.6 is 11.3 Å². The van der Waals surface area contributed by atoms with Gasteiger partial charge in [-0.15, -0.1) is 10.2 Å². The molecule has 2 heterocycles. The predicted octanol–water partition coefficient (Wildman–Crippen LogP) is 2.67. The maximum absolute atomic E-state index is 5.50. The lowest BCUT2D eigenvalue weighted by atomic mass is 10.2. The lowest BCUT2D eigenvalue weighted by Gasteiger charge is -1.90. The van der Waals surface area contributed by atoms with Gasteiger partial charge >= 0.3 is 0 Å². The molecule has 0 radical (unpaired) electrons. The molecule has 0 aliphatic rings. The van der Waals surface area contributed by atoms with Crippen LogP contribution in [-0.4, -0.2) is 17.2 Å². The van der Waals surface area contributed by atoms with Crippen LogP contribution in [-0.2, 0) is 6.54 Å². The van der Waals surface area contributed by atoms with Gasteiger partial charge in [0.1, 0.15) is 16.9 Å². The summed E-state index contributed by atoms with van der Waals surface area (Å²) in [5, 5.41) is 14.4. The number of nitrogens with zero attached hydrogens (tertiary/aromatic N) is 2. The van der Waals surface area contributed by atoms with E-state index in [0.717, 1.165) is 33.1 Å². The SMILES string of the molecule is CNCc1nnc(-c2coc3ccccc23)s1. The zero-order chi connectivity index (χ0) is 11.7. The fourth-order valence-corrected chi connectivity index (χ4v) is 2.60. The molecule has 0 bridgehead atoms. The van der Waals surface area contributed by atoms with E-state index < -0.39 is 0 Å². The van der Waals surface area contributed by atoms with Crippen molar-refractivity contribution in [3.8, 4) is 10.6 Å². The molecule has 1 aromatic carbocycles. The summed E-state index contributed by atoms with van der Waals surface area (Å²) in [6.45, 7) is 0.744. The van der Waals surface area contributed by atoms with Crippen molar-refractivity contribution < 1.29 is 4.42 Å². The second-order valence-corrected chi connectivity index (χ2v) is 4.74. The minimum absolute atomic E-state index is 0.744. The molecule has 0 unspecified atom stereocenters. The molecule has 3 rings (SSSR count). The highest BCUT2D eigenvalue weighted by atomic mass is 32.1. The van der Waals surface area contributed by atoms with Gasteiger partial charge in [0, 0.05) is 11.9 Å². The molecule has 3 aromatic rings. The topological polar surface area (TPSA) is 51.0 Å². The minimum Gasteiger partial charge on any atom is -0.464 e. The number of rotatable bonds is 3. The molecular weight excluding hydrogens is 234 g/mol. The number of fused-ring (bicyclic) bond motifs is 1. The number of aromatic nitrogens is 2. The van der Waals surface area contributed by atoms with Crippen LogP contribution in [0.5, 0.6) is 0 Å². The number of furan rings is 1. The van der Waals surface area contributed by atoms with Crippen molar-refractivity contribution in [2.45, 2.75) is 6.54 Å². The van der Waals surface area contributed by atoms with Crippen molar-refractivity contribution in [1.29, 1.82) is 0 Å². The van der Waals surface area contributed by atoms with Crippen LogP contribution in [0.15, 0.2) is 34.9 Å². The van der Waals surface area contributed by atoms with Gasteiger partial charge < -0.3 is 9.73 Å². The van der Waals surface area contributed by atoms with E-state index in [1.54, 1.807) is 17.6 Å². The van der Waals surface area contributed by atoms with E-state index in [1.165, 1.54) is 0 Å². The summed E-state index contributed by atoms with van der Waals surface area (Å²) in [5.74, 6) is 0. The molecule has 4 nitrogen and oxygen atoms in total. The molecule has 0 aliphatic heterocycles. The molecule has 2 aromatic heterocycles. The maximum Gasteiger partial charge on any atom is 0.151 e.